The molecule has 2 aromatic carbocycles. The lowest BCUT2D eigenvalue weighted by Gasteiger charge is -2.03. The van der Waals surface area contributed by atoms with Crippen LogP contribution in [0.15, 0.2) is 53.4 Å². The third kappa shape index (κ3) is 3.72. The van der Waals surface area contributed by atoms with Gasteiger partial charge in [0.25, 0.3) is 0 Å². The van der Waals surface area contributed by atoms with Crippen LogP contribution in [0.2, 0.25) is 5.02 Å². The molecule has 2 aromatic rings. The minimum absolute atomic E-state index is 0.147. The van der Waals surface area contributed by atoms with E-state index in [2.05, 4.69) is 0 Å². The zero-order valence-electron chi connectivity index (χ0n) is 9.81. The molecule has 0 saturated carbocycles. The van der Waals surface area contributed by atoms with Gasteiger partial charge in [0.05, 0.1) is 16.6 Å². The summed E-state index contributed by atoms with van der Waals surface area (Å²) in [6.07, 6.45) is 0. The topological polar surface area (TPSA) is 34.1 Å². The molecule has 0 heterocycles. The Morgan fingerprint density at radius 2 is 1.84 bits per heavy atom. The van der Waals surface area contributed by atoms with Crippen LogP contribution < -0.4 is 0 Å². The largest absolute Gasteiger partial charge is 0.293 e. The molecule has 5 heteroatoms. The van der Waals surface area contributed by atoms with E-state index in [0.717, 1.165) is 0 Å². The Labute approximate surface area is 117 Å². The van der Waals surface area contributed by atoms with Crippen molar-refractivity contribution >= 4 is 28.2 Å². The van der Waals surface area contributed by atoms with Gasteiger partial charge in [-0.3, -0.25) is 9.00 Å². The first-order valence-corrected chi connectivity index (χ1v) is 7.18. The number of Topliss-reactive ketones (excluding diaryl/α,β-unsaturated/α-hetero) is 1. The second-order valence-electron chi connectivity index (χ2n) is 3.88. The van der Waals surface area contributed by atoms with E-state index in [1.165, 1.54) is 24.3 Å². The molecule has 2 rings (SSSR count). The number of hydrogen-bond donors (Lipinski definition) is 0. The third-order valence-electron chi connectivity index (χ3n) is 2.49. The summed E-state index contributed by atoms with van der Waals surface area (Å²) in [5, 5.41) is 0.472. The molecular weight excluding hydrogens is 287 g/mol. The summed E-state index contributed by atoms with van der Waals surface area (Å²) in [5.41, 5.74) is 0.344. The van der Waals surface area contributed by atoms with Crippen LogP contribution in [0, 0.1) is 5.82 Å². The zero-order valence-corrected chi connectivity index (χ0v) is 11.4. The van der Waals surface area contributed by atoms with Gasteiger partial charge >= 0.3 is 0 Å². The number of benzene rings is 2. The molecule has 2 nitrogen and oxygen atoms in total. The molecule has 1 unspecified atom stereocenters. The first kappa shape index (κ1) is 13.9. The summed E-state index contributed by atoms with van der Waals surface area (Å²) < 4.78 is 24.7. The molecule has 0 aliphatic heterocycles. The molecule has 0 bridgehead atoms. The van der Waals surface area contributed by atoms with Crippen molar-refractivity contribution in [3.8, 4) is 0 Å². The molecule has 1 atom stereocenters. The molecule has 0 N–H and O–H groups in total. The molecule has 0 fully saturated rings. The van der Waals surface area contributed by atoms with Crippen LogP contribution in [-0.2, 0) is 10.8 Å². The first-order chi connectivity index (χ1) is 9.06. The smallest absolute Gasteiger partial charge is 0.175 e. The van der Waals surface area contributed by atoms with Gasteiger partial charge in [-0.05, 0) is 42.5 Å². The quantitative estimate of drug-likeness (QED) is 0.810. The summed E-state index contributed by atoms with van der Waals surface area (Å²) >= 11 is 5.80. The van der Waals surface area contributed by atoms with E-state index in [0.29, 0.717) is 15.5 Å². The van der Waals surface area contributed by atoms with Crippen LogP contribution in [0.4, 0.5) is 4.39 Å². The number of rotatable bonds is 4. The number of carbonyl (C=O) groups is 1. The predicted molar refractivity (Wildman–Crippen MR) is 73.5 cm³/mol. The number of halogens is 2. The highest BCUT2D eigenvalue weighted by atomic mass is 35.5. The molecule has 0 aliphatic carbocycles. The normalized spacial score (nSPS) is 12.1. The van der Waals surface area contributed by atoms with Gasteiger partial charge in [-0.2, -0.15) is 0 Å². The molecular formula is C14H10ClFO2S. The van der Waals surface area contributed by atoms with Crippen LogP contribution in [0.25, 0.3) is 0 Å². The highest BCUT2D eigenvalue weighted by molar-refractivity contribution is 7.85. The van der Waals surface area contributed by atoms with E-state index in [-0.39, 0.29) is 11.5 Å². The van der Waals surface area contributed by atoms with Crippen LogP contribution in [0.3, 0.4) is 0 Å². The fourth-order valence-electron chi connectivity index (χ4n) is 1.53. The third-order valence-corrected chi connectivity index (χ3v) is 4.03. The SMILES string of the molecule is O=C(CS(=O)c1cccc(Cl)c1)c1ccc(F)cc1. The summed E-state index contributed by atoms with van der Waals surface area (Å²) in [7, 11) is -1.46. The molecule has 0 aliphatic rings. The minimum Gasteiger partial charge on any atom is -0.293 e. The second-order valence-corrected chi connectivity index (χ2v) is 5.76. The van der Waals surface area contributed by atoms with Gasteiger partial charge in [0.2, 0.25) is 0 Å². The predicted octanol–water partition coefficient (Wildman–Crippen LogP) is 3.47. The van der Waals surface area contributed by atoms with Crippen LogP contribution in [0.1, 0.15) is 10.4 Å². The Kier molecular flexibility index (Phi) is 4.45. The maximum absolute atomic E-state index is 12.7. The first-order valence-electron chi connectivity index (χ1n) is 5.49. The lowest BCUT2D eigenvalue weighted by Crippen LogP contribution is -2.11. The molecule has 0 amide bonds. The van der Waals surface area contributed by atoms with Gasteiger partial charge in [-0.15, -0.1) is 0 Å². The van der Waals surface area contributed by atoms with Gasteiger partial charge in [-0.1, -0.05) is 17.7 Å². The highest BCUT2D eigenvalue weighted by Crippen LogP contribution is 2.15. The molecule has 0 aromatic heterocycles. The van der Waals surface area contributed by atoms with Crippen molar-refractivity contribution in [3.05, 3.63) is 64.9 Å². The summed E-state index contributed by atoms with van der Waals surface area (Å²) in [6, 6.07) is 11.7. The Hall–Kier alpha value is -1.52. The van der Waals surface area contributed by atoms with Crippen molar-refractivity contribution in [3.63, 3.8) is 0 Å². The Morgan fingerprint density at radius 1 is 1.16 bits per heavy atom. The molecule has 19 heavy (non-hydrogen) atoms. The van der Waals surface area contributed by atoms with Crippen molar-refractivity contribution in [1.82, 2.24) is 0 Å². The lowest BCUT2D eigenvalue weighted by molar-refractivity contribution is 0.102. The summed E-state index contributed by atoms with van der Waals surface area (Å²) in [5.74, 6) is -0.850. The van der Waals surface area contributed by atoms with Gasteiger partial charge in [0.1, 0.15) is 5.82 Å². The highest BCUT2D eigenvalue weighted by Gasteiger charge is 2.12. The average molecular weight is 297 g/mol. The van der Waals surface area contributed by atoms with E-state index in [1.54, 1.807) is 24.3 Å². The maximum Gasteiger partial charge on any atom is 0.175 e. The Bertz CT molecular complexity index is 626. The standard InChI is InChI=1S/C14H10ClFO2S/c15-11-2-1-3-13(8-11)19(18)9-14(17)10-4-6-12(16)7-5-10/h1-8H,9H2. The average Bonchev–Trinajstić information content (AvgIpc) is 2.39. The fourth-order valence-corrected chi connectivity index (χ4v) is 2.85. The van der Waals surface area contributed by atoms with Crippen molar-refractivity contribution in [2.24, 2.45) is 0 Å². The minimum atomic E-state index is -1.46. The van der Waals surface area contributed by atoms with Crippen molar-refractivity contribution in [2.45, 2.75) is 4.90 Å². The zero-order chi connectivity index (χ0) is 13.8. The lowest BCUT2D eigenvalue weighted by atomic mass is 10.1. The van der Waals surface area contributed by atoms with E-state index in [1.807, 2.05) is 0 Å². The van der Waals surface area contributed by atoms with Gasteiger partial charge in [-0.25, -0.2) is 4.39 Å². The van der Waals surface area contributed by atoms with E-state index in [4.69, 9.17) is 11.6 Å². The van der Waals surface area contributed by atoms with Gasteiger partial charge in [0.15, 0.2) is 5.78 Å². The summed E-state index contributed by atoms with van der Waals surface area (Å²) in [6.45, 7) is 0. The number of hydrogen-bond acceptors (Lipinski definition) is 2. The van der Waals surface area contributed by atoms with Crippen LogP contribution in [-0.4, -0.2) is 15.7 Å². The van der Waals surface area contributed by atoms with E-state index in [9.17, 15) is 13.4 Å². The fraction of sp³-hybridized carbons (Fsp3) is 0.0714. The molecule has 0 spiro atoms. The monoisotopic (exact) mass is 296 g/mol. The van der Waals surface area contributed by atoms with Gasteiger partial charge < -0.3 is 0 Å². The molecule has 98 valence electrons. The van der Waals surface area contributed by atoms with Crippen LogP contribution in [0.5, 0.6) is 0 Å². The molecule has 0 saturated heterocycles. The van der Waals surface area contributed by atoms with Crippen molar-refractivity contribution in [2.75, 3.05) is 5.75 Å². The molecule has 0 radical (unpaired) electrons. The van der Waals surface area contributed by atoms with E-state index >= 15 is 0 Å². The Balaban J connectivity index is 2.11. The number of ketones is 1. The van der Waals surface area contributed by atoms with Crippen LogP contribution >= 0.6 is 11.6 Å². The second kappa shape index (κ2) is 6.08. The van der Waals surface area contributed by atoms with Gasteiger partial charge in [0, 0.05) is 15.5 Å². The number of carbonyl (C=O) groups excluding carboxylic acids is 1. The van der Waals surface area contributed by atoms with Crippen molar-refractivity contribution < 1.29 is 13.4 Å². The summed E-state index contributed by atoms with van der Waals surface area (Å²) in [4.78, 5) is 12.4. The Morgan fingerprint density at radius 3 is 2.47 bits per heavy atom. The van der Waals surface area contributed by atoms with Crippen molar-refractivity contribution in [1.29, 1.82) is 0 Å². The van der Waals surface area contributed by atoms with E-state index < -0.39 is 16.6 Å². The maximum atomic E-state index is 12.7.